The normalized spacial score (nSPS) is 11.6. The SMILES string of the molecule is COc1ccc(-c2nnc(SCC(=O)N/N=C/C(C)=C/c3ccco3)n2-c2ccccc2)cc1. The van der Waals surface area contributed by atoms with E-state index < -0.39 is 0 Å². The molecule has 2 aromatic carbocycles. The second kappa shape index (κ2) is 11.2. The number of nitrogens with zero attached hydrogens (tertiary/aromatic N) is 4. The maximum atomic E-state index is 12.4. The molecule has 0 bridgehead atoms. The van der Waals surface area contributed by atoms with Crippen LogP contribution in [0.5, 0.6) is 5.75 Å². The number of para-hydroxylation sites is 1. The zero-order chi connectivity index (χ0) is 23.8. The van der Waals surface area contributed by atoms with Gasteiger partial charge in [0.15, 0.2) is 11.0 Å². The molecule has 8 nitrogen and oxygen atoms in total. The number of methoxy groups -OCH3 is 1. The summed E-state index contributed by atoms with van der Waals surface area (Å²) in [4.78, 5) is 12.4. The van der Waals surface area contributed by atoms with Gasteiger partial charge in [-0.1, -0.05) is 30.0 Å². The Morgan fingerprint density at radius 3 is 2.62 bits per heavy atom. The molecule has 9 heteroatoms. The van der Waals surface area contributed by atoms with E-state index in [1.165, 1.54) is 11.8 Å². The van der Waals surface area contributed by atoms with Gasteiger partial charge in [-0.25, -0.2) is 5.43 Å². The number of hydrogen-bond acceptors (Lipinski definition) is 7. The number of amides is 1. The highest BCUT2D eigenvalue weighted by Gasteiger charge is 2.17. The summed E-state index contributed by atoms with van der Waals surface area (Å²) < 4.78 is 12.4. The fraction of sp³-hybridized carbons (Fsp3) is 0.120. The van der Waals surface area contributed by atoms with Crippen LogP contribution in [0.15, 0.2) is 93.2 Å². The Hall–Kier alpha value is -4.11. The number of carbonyl (C=O) groups excluding carboxylic acids is 1. The number of allylic oxidation sites excluding steroid dienone is 1. The Morgan fingerprint density at radius 2 is 1.91 bits per heavy atom. The summed E-state index contributed by atoms with van der Waals surface area (Å²) >= 11 is 1.28. The van der Waals surface area contributed by atoms with E-state index in [0.717, 1.165) is 28.3 Å². The lowest BCUT2D eigenvalue weighted by Crippen LogP contribution is -2.20. The van der Waals surface area contributed by atoms with Crippen molar-refractivity contribution in [3.63, 3.8) is 0 Å². The summed E-state index contributed by atoms with van der Waals surface area (Å²) in [5.41, 5.74) is 5.17. The molecule has 0 spiro atoms. The first-order valence-electron chi connectivity index (χ1n) is 10.5. The number of thioether (sulfide) groups is 1. The van der Waals surface area contributed by atoms with E-state index in [1.54, 1.807) is 19.6 Å². The number of ether oxygens (including phenoxy) is 1. The number of hydrogen-bond donors (Lipinski definition) is 1. The number of hydrazone groups is 1. The minimum atomic E-state index is -0.249. The van der Waals surface area contributed by atoms with Crippen LogP contribution in [-0.2, 0) is 4.79 Å². The topological polar surface area (TPSA) is 94.5 Å². The largest absolute Gasteiger partial charge is 0.497 e. The molecule has 0 saturated carbocycles. The number of rotatable bonds is 9. The third-order valence-corrected chi connectivity index (χ3v) is 5.63. The molecule has 0 atom stereocenters. The van der Waals surface area contributed by atoms with Crippen LogP contribution in [0.3, 0.4) is 0 Å². The van der Waals surface area contributed by atoms with Crippen molar-refractivity contribution in [2.75, 3.05) is 12.9 Å². The lowest BCUT2D eigenvalue weighted by atomic mass is 10.2. The molecule has 0 saturated heterocycles. The summed E-state index contributed by atoms with van der Waals surface area (Å²) in [5, 5.41) is 13.3. The number of nitrogens with one attached hydrogen (secondary N) is 1. The molecule has 0 unspecified atom stereocenters. The van der Waals surface area contributed by atoms with Crippen LogP contribution in [-0.4, -0.2) is 39.7 Å². The van der Waals surface area contributed by atoms with Gasteiger partial charge in [0.1, 0.15) is 11.5 Å². The molecule has 172 valence electrons. The predicted molar refractivity (Wildman–Crippen MR) is 133 cm³/mol. The van der Waals surface area contributed by atoms with E-state index in [-0.39, 0.29) is 11.7 Å². The number of aromatic nitrogens is 3. The highest BCUT2D eigenvalue weighted by Crippen LogP contribution is 2.28. The van der Waals surface area contributed by atoms with Crippen LogP contribution in [0.25, 0.3) is 23.2 Å². The number of furan rings is 1. The Morgan fingerprint density at radius 1 is 1.12 bits per heavy atom. The quantitative estimate of drug-likeness (QED) is 0.212. The monoisotopic (exact) mass is 473 g/mol. The van der Waals surface area contributed by atoms with Gasteiger partial charge in [0.05, 0.1) is 25.3 Å². The summed E-state index contributed by atoms with van der Waals surface area (Å²) in [6, 6.07) is 21.0. The molecule has 1 amide bonds. The van der Waals surface area contributed by atoms with Crippen molar-refractivity contribution in [2.45, 2.75) is 12.1 Å². The maximum Gasteiger partial charge on any atom is 0.250 e. The minimum absolute atomic E-state index is 0.131. The summed E-state index contributed by atoms with van der Waals surface area (Å²) in [6.07, 6.45) is 5.00. The van der Waals surface area contributed by atoms with Crippen molar-refractivity contribution in [3.05, 3.63) is 84.3 Å². The van der Waals surface area contributed by atoms with E-state index in [0.29, 0.717) is 11.0 Å². The molecule has 0 aliphatic carbocycles. The van der Waals surface area contributed by atoms with Gasteiger partial charge in [-0.15, -0.1) is 10.2 Å². The van der Waals surface area contributed by atoms with E-state index in [1.807, 2.05) is 84.3 Å². The van der Waals surface area contributed by atoms with Gasteiger partial charge < -0.3 is 9.15 Å². The highest BCUT2D eigenvalue weighted by molar-refractivity contribution is 7.99. The second-order valence-corrected chi connectivity index (χ2v) is 8.13. The maximum absolute atomic E-state index is 12.4. The first-order valence-corrected chi connectivity index (χ1v) is 11.4. The van der Waals surface area contributed by atoms with E-state index in [4.69, 9.17) is 9.15 Å². The van der Waals surface area contributed by atoms with Gasteiger partial charge >= 0.3 is 0 Å². The van der Waals surface area contributed by atoms with Crippen molar-refractivity contribution in [1.82, 2.24) is 20.2 Å². The van der Waals surface area contributed by atoms with Crippen molar-refractivity contribution in [3.8, 4) is 22.8 Å². The lowest BCUT2D eigenvalue weighted by molar-refractivity contribution is -0.118. The van der Waals surface area contributed by atoms with Crippen LogP contribution in [0.4, 0.5) is 0 Å². The van der Waals surface area contributed by atoms with E-state index >= 15 is 0 Å². The van der Waals surface area contributed by atoms with Crippen LogP contribution >= 0.6 is 11.8 Å². The van der Waals surface area contributed by atoms with Crippen LogP contribution < -0.4 is 10.2 Å². The molecule has 0 aliphatic heterocycles. The average Bonchev–Trinajstić information content (AvgIpc) is 3.53. The molecule has 2 heterocycles. The zero-order valence-electron chi connectivity index (χ0n) is 18.7. The Balaban J connectivity index is 1.46. The van der Waals surface area contributed by atoms with E-state index in [9.17, 15) is 4.79 Å². The van der Waals surface area contributed by atoms with Gasteiger partial charge in [0.25, 0.3) is 5.91 Å². The van der Waals surface area contributed by atoms with Crippen molar-refractivity contribution < 1.29 is 13.9 Å². The molecule has 2 aromatic heterocycles. The fourth-order valence-electron chi connectivity index (χ4n) is 3.10. The molecule has 4 aromatic rings. The molecule has 0 aliphatic rings. The molecule has 0 fully saturated rings. The van der Waals surface area contributed by atoms with Gasteiger partial charge in [0, 0.05) is 11.3 Å². The third-order valence-electron chi connectivity index (χ3n) is 4.70. The zero-order valence-corrected chi connectivity index (χ0v) is 19.5. The predicted octanol–water partition coefficient (Wildman–Crippen LogP) is 4.83. The van der Waals surface area contributed by atoms with Crippen molar-refractivity contribution in [2.24, 2.45) is 5.10 Å². The van der Waals surface area contributed by atoms with Crippen LogP contribution in [0, 0.1) is 0 Å². The lowest BCUT2D eigenvalue weighted by Gasteiger charge is -2.10. The van der Waals surface area contributed by atoms with E-state index in [2.05, 4.69) is 20.7 Å². The third kappa shape index (κ3) is 5.81. The van der Waals surface area contributed by atoms with Crippen LogP contribution in [0.1, 0.15) is 12.7 Å². The van der Waals surface area contributed by atoms with Gasteiger partial charge in [-0.2, -0.15) is 5.10 Å². The first-order chi connectivity index (χ1) is 16.6. The molecule has 1 N–H and O–H groups in total. The Labute approximate surface area is 201 Å². The van der Waals surface area contributed by atoms with Crippen molar-refractivity contribution >= 4 is 30.0 Å². The average molecular weight is 474 g/mol. The first kappa shape index (κ1) is 23.1. The van der Waals surface area contributed by atoms with Crippen molar-refractivity contribution in [1.29, 1.82) is 0 Å². The molecule has 4 rings (SSSR count). The van der Waals surface area contributed by atoms with Gasteiger partial charge in [-0.3, -0.25) is 9.36 Å². The summed E-state index contributed by atoms with van der Waals surface area (Å²) in [6.45, 7) is 1.87. The number of carbonyl (C=O) groups is 1. The molecule has 0 radical (unpaired) electrons. The highest BCUT2D eigenvalue weighted by atomic mass is 32.2. The standard InChI is InChI=1S/C25H23N5O3S/c1-18(15-22-9-6-14-33-22)16-26-27-23(31)17-34-25-29-28-24(19-10-12-21(32-2)13-11-19)30(25)20-7-4-3-5-8-20/h3-16H,17H2,1-2H3,(H,27,31)/b18-15+,26-16+. The molecular weight excluding hydrogens is 450 g/mol. The van der Waals surface area contributed by atoms with Gasteiger partial charge in [0.2, 0.25) is 0 Å². The Bertz CT molecular complexity index is 1280. The minimum Gasteiger partial charge on any atom is -0.497 e. The van der Waals surface area contributed by atoms with Gasteiger partial charge in [-0.05, 0) is 67.1 Å². The van der Waals surface area contributed by atoms with Crippen LogP contribution in [0.2, 0.25) is 0 Å². The number of benzene rings is 2. The molecule has 34 heavy (non-hydrogen) atoms. The second-order valence-electron chi connectivity index (χ2n) is 7.19. The molecular formula is C25H23N5O3S. The Kier molecular flexibility index (Phi) is 7.56. The smallest absolute Gasteiger partial charge is 0.250 e. The summed E-state index contributed by atoms with van der Waals surface area (Å²) in [7, 11) is 1.63. The fourth-order valence-corrected chi connectivity index (χ4v) is 3.85. The summed E-state index contributed by atoms with van der Waals surface area (Å²) in [5.74, 6) is 2.04.